The maximum Gasteiger partial charge on any atom is 0.417 e. The van der Waals surface area contributed by atoms with Crippen LogP contribution < -0.4 is 4.90 Å². The Balaban J connectivity index is 1.91. The predicted octanol–water partition coefficient (Wildman–Crippen LogP) is 3.42. The van der Waals surface area contributed by atoms with Gasteiger partial charge in [-0.2, -0.15) is 13.2 Å². The zero-order chi connectivity index (χ0) is 23.0. The number of carbonyl (C=O) groups is 2. The number of hydrogen-bond donors (Lipinski definition) is 0. The van der Waals surface area contributed by atoms with Gasteiger partial charge in [0.15, 0.2) is 6.29 Å². The molecule has 0 aliphatic carbocycles. The molecule has 10 heteroatoms. The van der Waals surface area contributed by atoms with E-state index in [0.717, 1.165) is 34.0 Å². The second kappa shape index (κ2) is 8.68. The van der Waals surface area contributed by atoms with Crippen LogP contribution in [0.4, 0.5) is 18.2 Å². The van der Waals surface area contributed by atoms with Gasteiger partial charge in [0.1, 0.15) is 6.04 Å². The third kappa shape index (κ3) is 4.97. The average Bonchev–Trinajstić information content (AvgIpc) is 3.24. The maximum atomic E-state index is 13.1. The first kappa shape index (κ1) is 23.4. The van der Waals surface area contributed by atoms with E-state index in [2.05, 4.69) is 4.98 Å². The largest absolute Gasteiger partial charge is 0.417 e. The van der Waals surface area contributed by atoms with E-state index in [1.807, 2.05) is 49.9 Å². The fourth-order valence-corrected chi connectivity index (χ4v) is 4.84. The molecule has 1 atom stereocenters. The number of Topliss-reactive ketones (excluding diaryl/α,β-unsaturated/α-hetero) is 1. The summed E-state index contributed by atoms with van der Waals surface area (Å²) in [6.07, 6.45) is -2.49. The van der Waals surface area contributed by atoms with Crippen molar-refractivity contribution in [3.8, 4) is 0 Å². The number of ketones is 1. The molecule has 6 nitrogen and oxygen atoms in total. The molecule has 1 aliphatic heterocycles. The van der Waals surface area contributed by atoms with Crippen LogP contribution in [0.5, 0.6) is 0 Å². The average molecular weight is 455 g/mol. The van der Waals surface area contributed by atoms with Crippen LogP contribution in [0.25, 0.3) is 0 Å². The number of hydrogen-bond acceptors (Lipinski definition) is 7. The van der Waals surface area contributed by atoms with Crippen molar-refractivity contribution in [2.75, 3.05) is 25.7 Å². The Kier molecular flexibility index (Phi) is 6.54. The summed E-state index contributed by atoms with van der Waals surface area (Å²) in [6, 6.07) is 4.01. The second-order valence-corrected chi connectivity index (χ2v) is 9.34. The first-order valence-corrected chi connectivity index (χ1v) is 10.6. The van der Waals surface area contributed by atoms with Crippen molar-refractivity contribution in [3.05, 3.63) is 46.6 Å². The summed E-state index contributed by atoms with van der Waals surface area (Å²) in [7, 11) is 3.89. The van der Waals surface area contributed by atoms with E-state index in [1.54, 1.807) is 11.1 Å². The van der Waals surface area contributed by atoms with Gasteiger partial charge in [-0.05, 0) is 51.7 Å². The number of anilines is 1. The number of aldehydes is 1. The summed E-state index contributed by atoms with van der Waals surface area (Å²) in [5.41, 5.74) is 0.334. The standard InChI is InChI=1S/C21H25F3N4O2S/c1-20(2)19(17(30)11-29)28(18-8-15(12-31-18)21(22,23)24)13-27(20)9-14-5-6-25-16(7-14)10-26(3)4/h5-8,11-12,19H,9-10,13H2,1-4H3. The van der Waals surface area contributed by atoms with Gasteiger partial charge in [0.25, 0.3) is 0 Å². The molecule has 2 aromatic rings. The van der Waals surface area contributed by atoms with E-state index in [1.165, 1.54) is 0 Å². The summed E-state index contributed by atoms with van der Waals surface area (Å²) < 4.78 is 39.3. The van der Waals surface area contributed by atoms with Crippen molar-refractivity contribution in [1.82, 2.24) is 14.8 Å². The Bertz CT molecular complexity index is 958. The van der Waals surface area contributed by atoms with Crippen molar-refractivity contribution in [1.29, 1.82) is 0 Å². The summed E-state index contributed by atoms with van der Waals surface area (Å²) in [5, 5.41) is 1.34. The van der Waals surface area contributed by atoms with Crippen molar-refractivity contribution in [2.24, 2.45) is 0 Å². The second-order valence-electron chi connectivity index (χ2n) is 8.45. The molecule has 3 rings (SSSR count). The lowest BCUT2D eigenvalue weighted by molar-refractivity contribution is -0.137. The zero-order valence-corrected chi connectivity index (χ0v) is 18.6. The lowest BCUT2D eigenvalue weighted by atomic mass is 9.91. The Morgan fingerprint density at radius 1 is 1.35 bits per heavy atom. The molecule has 0 spiro atoms. The first-order valence-electron chi connectivity index (χ1n) is 9.68. The van der Waals surface area contributed by atoms with Crippen molar-refractivity contribution >= 4 is 28.4 Å². The molecular weight excluding hydrogens is 429 g/mol. The number of nitrogens with zero attached hydrogens (tertiary/aromatic N) is 4. The monoisotopic (exact) mass is 454 g/mol. The fraction of sp³-hybridized carbons (Fsp3) is 0.476. The number of carbonyl (C=O) groups excluding carboxylic acids is 2. The number of alkyl halides is 3. The van der Waals surface area contributed by atoms with Gasteiger partial charge in [-0.3, -0.25) is 19.5 Å². The van der Waals surface area contributed by atoms with Gasteiger partial charge in [-0.25, -0.2) is 0 Å². The third-order valence-electron chi connectivity index (χ3n) is 5.43. The van der Waals surface area contributed by atoms with Crippen LogP contribution >= 0.6 is 11.3 Å². The molecule has 0 amide bonds. The van der Waals surface area contributed by atoms with Gasteiger partial charge in [0.05, 0.1) is 22.9 Å². The summed E-state index contributed by atoms with van der Waals surface area (Å²) in [4.78, 5) is 33.8. The Hall–Kier alpha value is -2.30. The van der Waals surface area contributed by atoms with Gasteiger partial charge in [0, 0.05) is 30.2 Å². The van der Waals surface area contributed by atoms with Crippen LogP contribution in [0, 0.1) is 0 Å². The van der Waals surface area contributed by atoms with Gasteiger partial charge in [0.2, 0.25) is 5.78 Å². The summed E-state index contributed by atoms with van der Waals surface area (Å²) in [6.45, 7) is 5.02. The Morgan fingerprint density at radius 3 is 2.65 bits per heavy atom. The Morgan fingerprint density at radius 2 is 2.06 bits per heavy atom. The highest BCUT2D eigenvalue weighted by molar-refractivity contribution is 7.14. The van der Waals surface area contributed by atoms with Crippen LogP contribution in [0.3, 0.4) is 0 Å². The Labute approximate surface area is 183 Å². The van der Waals surface area contributed by atoms with Gasteiger partial charge in [-0.1, -0.05) is 0 Å². The van der Waals surface area contributed by atoms with Gasteiger partial charge < -0.3 is 9.80 Å². The molecule has 3 heterocycles. The van der Waals surface area contributed by atoms with E-state index in [9.17, 15) is 22.8 Å². The molecule has 0 saturated carbocycles. The van der Waals surface area contributed by atoms with Crippen LogP contribution in [-0.4, -0.2) is 59.2 Å². The predicted molar refractivity (Wildman–Crippen MR) is 113 cm³/mol. The van der Waals surface area contributed by atoms with Gasteiger partial charge in [-0.15, -0.1) is 11.3 Å². The highest BCUT2D eigenvalue weighted by Crippen LogP contribution is 2.41. The SMILES string of the molecule is CN(C)Cc1cc(CN2CN(c3cc(C(F)(F)F)cs3)C(C(=O)C=O)C2(C)C)ccn1. The number of rotatable bonds is 7. The molecule has 2 aromatic heterocycles. The minimum atomic E-state index is -4.46. The molecular formula is C21H25F3N4O2S. The lowest BCUT2D eigenvalue weighted by Crippen LogP contribution is -2.51. The van der Waals surface area contributed by atoms with E-state index in [4.69, 9.17) is 0 Å². The first-order chi connectivity index (χ1) is 14.4. The van der Waals surface area contributed by atoms with Crippen molar-refractivity contribution < 1.29 is 22.8 Å². The summed E-state index contributed by atoms with van der Waals surface area (Å²) in [5.74, 6) is -0.655. The lowest BCUT2D eigenvalue weighted by Gasteiger charge is -2.34. The fourth-order valence-electron chi connectivity index (χ4n) is 3.90. The van der Waals surface area contributed by atoms with Crippen LogP contribution in [-0.2, 0) is 28.9 Å². The zero-order valence-electron chi connectivity index (χ0n) is 17.8. The number of pyridine rings is 1. The molecule has 1 aliphatic rings. The molecule has 168 valence electrons. The highest BCUT2D eigenvalue weighted by atomic mass is 32.1. The molecule has 1 saturated heterocycles. The molecule has 0 radical (unpaired) electrons. The van der Waals surface area contributed by atoms with Crippen LogP contribution in [0.1, 0.15) is 30.7 Å². The van der Waals surface area contributed by atoms with Crippen LogP contribution in [0.2, 0.25) is 0 Å². The molecule has 0 bridgehead atoms. The normalized spacial score (nSPS) is 19.2. The molecule has 1 unspecified atom stereocenters. The molecule has 1 fully saturated rings. The smallest absolute Gasteiger partial charge is 0.338 e. The highest BCUT2D eigenvalue weighted by Gasteiger charge is 2.50. The number of thiophene rings is 1. The minimum Gasteiger partial charge on any atom is -0.338 e. The van der Waals surface area contributed by atoms with Crippen molar-refractivity contribution in [3.63, 3.8) is 0 Å². The van der Waals surface area contributed by atoms with E-state index in [0.29, 0.717) is 18.1 Å². The third-order valence-corrected chi connectivity index (χ3v) is 6.40. The van der Waals surface area contributed by atoms with Gasteiger partial charge >= 0.3 is 6.18 Å². The number of aromatic nitrogens is 1. The maximum absolute atomic E-state index is 13.1. The minimum absolute atomic E-state index is 0.223. The number of halogens is 3. The molecule has 0 aromatic carbocycles. The van der Waals surface area contributed by atoms with E-state index >= 15 is 0 Å². The van der Waals surface area contributed by atoms with E-state index in [-0.39, 0.29) is 13.0 Å². The molecule has 0 N–H and O–H groups in total. The topological polar surface area (TPSA) is 56.8 Å². The molecule has 31 heavy (non-hydrogen) atoms. The van der Waals surface area contributed by atoms with Crippen LogP contribution in [0.15, 0.2) is 29.8 Å². The summed E-state index contributed by atoms with van der Waals surface area (Å²) >= 11 is 0.919. The van der Waals surface area contributed by atoms with Crippen molar-refractivity contribution in [2.45, 2.75) is 44.7 Å². The quantitative estimate of drug-likeness (QED) is 0.472. The van der Waals surface area contributed by atoms with E-state index < -0.39 is 29.1 Å².